The van der Waals surface area contributed by atoms with E-state index in [1.807, 2.05) is 6.92 Å². The zero-order valence-electron chi connectivity index (χ0n) is 11.6. The van der Waals surface area contributed by atoms with Crippen molar-refractivity contribution in [3.63, 3.8) is 0 Å². The molecule has 0 aromatic carbocycles. The van der Waals surface area contributed by atoms with Crippen LogP contribution in [0.3, 0.4) is 0 Å². The summed E-state index contributed by atoms with van der Waals surface area (Å²) in [7, 11) is 1.58. The third kappa shape index (κ3) is 2.79. The maximum absolute atomic E-state index is 11.5. The molecule has 2 rings (SSSR count). The molecular weight excluding hydrogens is 286 g/mol. The van der Waals surface area contributed by atoms with Gasteiger partial charge in [0.05, 0.1) is 0 Å². The SMILES string of the molecule is CCn1c(C2CCCCC2(C)C)nnc1S(=O)(=O)Cl. The Labute approximate surface area is 118 Å². The summed E-state index contributed by atoms with van der Waals surface area (Å²) in [6, 6.07) is 0. The van der Waals surface area contributed by atoms with Gasteiger partial charge in [-0.1, -0.05) is 26.7 Å². The van der Waals surface area contributed by atoms with Crippen LogP contribution in [0.4, 0.5) is 0 Å². The minimum atomic E-state index is -3.84. The van der Waals surface area contributed by atoms with E-state index in [0.29, 0.717) is 6.54 Å². The van der Waals surface area contributed by atoms with Crippen LogP contribution in [0.25, 0.3) is 0 Å². The maximum Gasteiger partial charge on any atom is 0.296 e. The van der Waals surface area contributed by atoms with Crippen molar-refractivity contribution in [2.24, 2.45) is 5.41 Å². The van der Waals surface area contributed by atoms with Crippen LogP contribution in [0.5, 0.6) is 0 Å². The number of aromatic nitrogens is 3. The molecule has 1 heterocycles. The van der Waals surface area contributed by atoms with Crippen molar-refractivity contribution in [3.05, 3.63) is 5.82 Å². The molecule has 1 aliphatic rings. The van der Waals surface area contributed by atoms with Gasteiger partial charge in [0.2, 0.25) is 0 Å². The minimum Gasteiger partial charge on any atom is -0.301 e. The Kier molecular flexibility index (Phi) is 3.93. The second kappa shape index (κ2) is 5.05. The number of nitrogens with zero attached hydrogens (tertiary/aromatic N) is 3. The average molecular weight is 306 g/mol. The first-order chi connectivity index (χ1) is 8.77. The van der Waals surface area contributed by atoms with E-state index in [9.17, 15) is 8.42 Å². The van der Waals surface area contributed by atoms with E-state index in [1.54, 1.807) is 4.57 Å². The number of hydrogen-bond acceptors (Lipinski definition) is 4. The van der Waals surface area contributed by atoms with E-state index in [-0.39, 0.29) is 16.5 Å². The largest absolute Gasteiger partial charge is 0.301 e. The monoisotopic (exact) mass is 305 g/mol. The van der Waals surface area contributed by atoms with Crippen LogP contribution in [0.15, 0.2) is 5.16 Å². The molecule has 1 aromatic heterocycles. The molecule has 1 aromatic rings. The van der Waals surface area contributed by atoms with Crippen molar-refractivity contribution in [3.8, 4) is 0 Å². The summed E-state index contributed by atoms with van der Waals surface area (Å²) < 4.78 is 24.7. The highest BCUT2D eigenvalue weighted by Crippen LogP contribution is 2.46. The highest BCUT2D eigenvalue weighted by molar-refractivity contribution is 8.13. The first-order valence-corrected chi connectivity index (χ1v) is 8.96. The van der Waals surface area contributed by atoms with Gasteiger partial charge in [-0.3, -0.25) is 0 Å². The molecule has 1 fully saturated rings. The molecule has 108 valence electrons. The molecule has 0 amide bonds. The van der Waals surface area contributed by atoms with Gasteiger partial charge < -0.3 is 4.57 Å². The molecule has 5 nitrogen and oxygen atoms in total. The molecule has 0 radical (unpaired) electrons. The molecule has 1 unspecified atom stereocenters. The van der Waals surface area contributed by atoms with Crippen molar-refractivity contribution >= 4 is 19.7 Å². The Morgan fingerprint density at radius 2 is 2.05 bits per heavy atom. The Balaban J connectivity index is 2.48. The van der Waals surface area contributed by atoms with Crippen molar-refractivity contribution in [1.82, 2.24) is 14.8 Å². The summed E-state index contributed by atoms with van der Waals surface area (Å²) in [5.41, 5.74) is 0.117. The third-order valence-corrected chi connectivity index (χ3v) is 5.25. The molecule has 1 aliphatic carbocycles. The minimum absolute atomic E-state index is 0.117. The van der Waals surface area contributed by atoms with E-state index in [2.05, 4.69) is 24.0 Å². The van der Waals surface area contributed by atoms with Gasteiger partial charge in [-0.2, -0.15) is 0 Å². The molecule has 0 bridgehead atoms. The van der Waals surface area contributed by atoms with Crippen LogP contribution in [-0.2, 0) is 15.6 Å². The summed E-state index contributed by atoms with van der Waals surface area (Å²) in [5.74, 6) is 0.993. The molecule has 0 N–H and O–H groups in total. The Bertz CT molecular complexity index is 566. The summed E-state index contributed by atoms with van der Waals surface area (Å²) in [4.78, 5) is 0. The van der Waals surface area contributed by atoms with Gasteiger partial charge >= 0.3 is 0 Å². The van der Waals surface area contributed by atoms with E-state index in [0.717, 1.165) is 25.1 Å². The van der Waals surface area contributed by atoms with Gasteiger partial charge in [0.15, 0.2) is 0 Å². The van der Waals surface area contributed by atoms with Crippen molar-refractivity contribution < 1.29 is 8.42 Å². The standard InChI is InChI=1S/C12H20ClN3O2S/c1-4-16-10(14-15-11(16)19(13,17)18)9-7-5-6-8-12(9,2)3/h9H,4-8H2,1-3H3. The zero-order valence-corrected chi connectivity index (χ0v) is 13.1. The van der Waals surface area contributed by atoms with Gasteiger partial charge in [-0.25, -0.2) is 8.42 Å². The highest BCUT2D eigenvalue weighted by Gasteiger charge is 2.37. The maximum atomic E-state index is 11.5. The highest BCUT2D eigenvalue weighted by atomic mass is 35.7. The van der Waals surface area contributed by atoms with Gasteiger partial charge in [0.1, 0.15) is 5.82 Å². The lowest BCUT2D eigenvalue weighted by atomic mass is 9.68. The van der Waals surface area contributed by atoms with E-state index in [1.165, 1.54) is 6.42 Å². The topological polar surface area (TPSA) is 64.8 Å². The molecule has 19 heavy (non-hydrogen) atoms. The lowest BCUT2D eigenvalue weighted by molar-refractivity contribution is 0.188. The van der Waals surface area contributed by atoms with Crippen LogP contribution in [0, 0.1) is 5.41 Å². The predicted octanol–water partition coefficient (Wildman–Crippen LogP) is 2.91. The van der Waals surface area contributed by atoms with Crippen molar-refractivity contribution in [2.45, 2.75) is 64.1 Å². The third-order valence-electron chi connectivity index (χ3n) is 4.10. The molecule has 0 spiro atoms. The van der Waals surface area contributed by atoms with E-state index >= 15 is 0 Å². The number of rotatable bonds is 3. The first-order valence-electron chi connectivity index (χ1n) is 6.65. The molecular formula is C12H20ClN3O2S. The molecule has 0 aliphatic heterocycles. The average Bonchev–Trinajstić information content (AvgIpc) is 2.71. The summed E-state index contributed by atoms with van der Waals surface area (Å²) in [6.07, 6.45) is 4.50. The van der Waals surface area contributed by atoms with Gasteiger partial charge in [-0.05, 0) is 25.2 Å². The van der Waals surface area contributed by atoms with Gasteiger partial charge in [0, 0.05) is 23.1 Å². The summed E-state index contributed by atoms with van der Waals surface area (Å²) in [6.45, 7) is 6.81. The van der Waals surface area contributed by atoms with Crippen LogP contribution in [-0.4, -0.2) is 23.2 Å². The van der Waals surface area contributed by atoms with Crippen LogP contribution >= 0.6 is 10.7 Å². The van der Waals surface area contributed by atoms with E-state index in [4.69, 9.17) is 10.7 Å². The predicted molar refractivity (Wildman–Crippen MR) is 73.7 cm³/mol. The number of hydrogen-bond donors (Lipinski definition) is 0. The second-order valence-corrected chi connectivity index (χ2v) is 8.27. The van der Waals surface area contributed by atoms with E-state index < -0.39 is 9.05 Å². The molecule has 7 heteroatoms. The van der Waals surface area contributed by atoms with Gasteiger partial charge in [0.25, 0.3) is 14.2 Å². The van der Waals surface area contributed by atoms with Gasteiger partial charge in [-0.15, -0.1) is 10.2 Å². The fourth-order valence-electron chi connectivity index (χ4n) is 3.01. The van der Waals surface area contributed by atoms with Crippen LogP contribution < -0.4 is 0 Å². The normalized spacial score (nSPS) is 23.5. The fourth-order valence-corrected chi connectivity index (χ4v) is 3.97. The lowest BCUT2D eigenvalue weighted by Gasteiger charge is -2.38. The van der Waals surface area contributed by atoms with Crippen molar-refractivity contribution in [2.75, 3.05) is 0 Å². The Hall–Kier alpha value is -0.620. The molecule has 0 saturated heterocycles. The summed E-state index contributed by atoms with van der Waals surface area (Å²) >= 11 is 0. The Morgan fingerprint density at radius 3 is 2.58 bits per heavy atom. The van der Waals surface area contributed by atoms with Crippen LogP contribution in [0.1, 0.15) is 58.2 Å². The first kappa shape index (κ1) is 14.8. The number of halogens is 1. The zero-order chi connectivity index (χ0) is 14.3. The van der Waals surface area contributed by atoms with Crippen molar-refractivity contribution in [1.29, 1.82) is 0 Å². The lowest BCUT2D eigenvalue weighted by Crippen LogP contribution is -2.28. The molecule has 1 saturated carbocycles. The second-order valence-electron chi connectivity index (χ2n) is 5.81. The molecule has 1 atom stereocenters. The smallest absolute Gasteiger partial charge is 0.296 e. The fraction of sp³-hybridized carbons (Fsp3) is 0.833. The Morgan fingerprint density at radius 1 is 1.37 bits per heavy atom. The summed E-state index contributed by atoms with van der Waals surface area (Å²) in [5, 5.41) is 7.78. The van der Waals surface area contributed by atoms with Crippen LogP contribution in [0.2, 0.25) is 0 Å². The quantitative estimate of drug-likeness (QED) is 0.805.